The van der Waals surface area contributed by atoms with E-state index in [1.165, 1.54) is 34.5 Å². The van der Waals surface area contributed by atoms with Crippen molar-refractivity contribution in [3.8, 4) is 11.1 Å². The van der Waals surface area contributed by atoms with Gasteiger partial charge in [-0.1, -0.05) is 18.7 Å². The standard InChI is InChI=1S/C34H30F4N6O2S/c1-4-27(45)44-19(2)15-41(16-20(44)3)32-25-14-26(34(36,37)38)28(21-7-9-23(35)10-8-21)30-29(25)43(33(46)40-32)17-24(18-47-30)42-13-11-22-6-5-12-39-31(22)42/h4-14,19-20,24H,1,15-18H2,2-3H3/t19-,20+,24-/m1/s1. The number of halogens is 4. The molecule has 2 aliphatic heterocycles. The van der Waals surface area contributed by atoms with Crippen molar-refractivity contribution in [2.24, 2.45) is 0 Å². The Kier molecular flexibility index (Phi) is 7.61. The van der Waals surface area contributed by atoms with Crippen LogP contribution in [-0.2, 0) is 17.5 Å². The number of carbonyl (C=O) groups is 1. The zero-order valence-electron chi connectivity index (χ0n) is 25.5. The smallest absolute Gasteiger partial charge is 0.352 e. The summed E-state index contributed by atoms with van der Waals surface area (Å²) in [4.78, 5) is 39.4. The van der Waals surface area contributed by atoms with Gasteiger partial charge in [0.1, 0.15) is 17.3 Å². The minimum atomic E-state index is -4.78. The van der Waals surface area contributed by atoms with Crippen LogP contribution in [0.4, 0.5) is 23.4 Å². The zero-order valence-corrected chi connectivity index (χ0v) is 26.4. The lowest BCUT2D eigenvalue weighted by atomic mass is 9.96. The number of anilines is 1. The molecule has 47 heavy (non-hydrogen) atoms. The lowest BCUT2D eigenvalue weighted by Gasteiger charge is -2.44. The summed E-state index contributed by atoms with van der Waals surface area (Å²) in [6.07, 6.45) is 0.000577. The topological polar surface area (TPSA) is 76.3 Å². The van der Waals surface area contributed by atoms with Crippen molar-refractivity contribution in [3.05, 3.63) is 95.4 Å². The van der Waals surface area contributed by atoms with Crippen LogP contribution in [0.25, 0.3) is 33.1 Å². The van der Waals surface area contributed by atoms with E-state index in [2.05, 4.69) is 16.5 Å². The van der Waals surface area contributed by atoms with Crippen LogP contribution in [0.5, 0.6) is 0 Å². The van der Waals surface area contributed by atoms with E-state index in [0.717, 1.165) is 23.6 Å². The molecule has 0 aliphatic carbocycles. The summed E-state index contributed by atoms with van der Waals surface area (Å²) in [5.74, 6) is -0.355. The first-order chi connectivity index (χ1) is 22.5. The van der Waals surface area contributed by atoms with E-state index >= 15 is 13.2 Å². The first-order valence-corrected chi connectivity index (χ1v) is 16.1. The molecule has 2 aliphatic rings. The first kappa shape index (κ1) is 31.0. The van der Waals surface area contributed by atoms with Gasteiger partial charge in [0.15, 0.2) is 0 Å². The third-order valence-corrected chi connectivity index (χ3v) is 10.2. The molecule has 3 aromatic heterocycles. The van der Waals surface area contributed by atoms with Crippen LogP contribution < -0.4 is 10.6 Å². The van der Waals surface area contributed by atoms with Crippen molar-refractivity contribution in [3.63, 3.8) is 0 Å². The van der Waals surface area contributed by atoms with Gasteiger partial charge in [0.25, 0.3) is 0 Å². The number of benzene rings is 2. The molecule has 1 amide bonds. The van der Waals surface area contributed by atoms with Crippen LogP contribution in [-0.4, -0.2) is 60.8 Å². The van der Waals surface area contributed by atoms with E-state index in [0.29, 0.717) is 16.9 Å². The number of rotatable bonds is 4. The molecule has 0 bridgehead atoms. The molecule has 0 unspecified atom stereocenters. The second kappa shape index (κ2) is 11.5. The number of hydrogen-bond donors (Lipinski definition) is 0. The Balaban J connectivity index is 1.48. The van der Waals surface area contributed by atoms with E-state index < -0.39 is 23.2 Å². The van der Waals surface area contributed by atoms with Gasteiger partial charge in [-0.15, -0.1) is 11.8 Å². The van der Waals surface area contributed by atoms with Gasteiger partial charge in [0, 0.05) is 71.1 Å². The average Bonchev–Trinajstić information content (AvgIpc) is 3.36. The van der Waals surface area contributed by atoms with Crippen LogP contribution in [0.1, 0.15) is 25.5 Å². The summed E-state index contributed by atoms with van der Waals surface area (Å²) in [5.41, 5.74) is -0.386. The number of alkyl halides is 3. The Morgan fingerprint density at radius 2 is 1.79 bits per heavy atom. The maximum absolute atomic E-state index is 15.1. The number of nitrogens with zero attached hydrogens (tertiary/aromatic N) is 6. The normalized spacial score (nSPS) is 20.1. The van der Waals surface area contributed by atoms with E-state index in [1.54, 1.807) is 16.0 Å². The molecule has 1 fully saturated rings. The minimum absolute atomic E-state index is 0.112. The highest BCUT2D eigenvalue weighted by molar-refractivity contribution is 7.99. The quantitative estimate of drug-likeness (QED) is 0.161. The summed E-state index contributed by atoms with van der Waals surface area (Å²) in [5, 5.41) is 1.08. The number of hydrogen-bond acceptors (Lipinski definition) is 6. The van der Waals surface area contributed by atoms with Crippen molar-refractivity contribution in [2.45, 2.75) is 49.6 Å². The predicted octanol–water partition coefficient (Wildman–Crippen LogP) is 6.53. The molecular formula is C34H30F4N6O2S. The number of aromatic nitrogens is 4. The number of fused-ring (bicyclic) bond motifs is 1. The first-order valence-electron chi connectivity index (χ1n) is 15.1. The molecule has 0 spiro atoms. The molecular weight excluding hydrogens is 632 g/mol. The van der Waals surface area contributed by atoms with E-state index in [9.17, 15) is 14.0 Å². The molecule has 0 N–H and O–H groups in total. The Bertz CT molecular complexity index is 2100. The van der Waals surface area contributed by atoms with Crippen molar-refractivity contribution in [1.29, 1.82) is 0 Å². The van der Waals surface area contributed by atoms with Crippen molar-refractivity contribution in [1.82, 2.24) is 24.0 Å². The Hall–Kier alpha value is -4.65. The van der Waals surface area contributed by atoms with Gasteiger partial charge >= 0.3 is 11.9 Å². The molecule has 5 heterocycles. The maximum atomic E-state index is 15.1. The average molecular weight is 663 g/mol. The van der Waals surface area contributed by atoms with Crippen LogP contribution in [0, 0.1) is 5.82 Å². The molecule has 7 rings (SSSR count). The SMILES string of the molecule is C=CC(=O)N1[C@H](C)CN(c2nc(=O)n3c4c(c(-c5ccc(F)cc5)c(C(F)(F)F)cc24)SC[C@H](n2ccc4cccnc42)C3)C[C@@H]1C. The highest BCUT2D eigenvalue weighted by Crippen LogP contribution is 2.49. The van der Waals surface area contributed by atoms with Crippen LogP contribution in [0.15, 0.2) is 83.3 Å². The van der Waals surface area contributed by atoms with Crippen molar-refractivity contribution < 1.29 is 22.4 Å². The summed E-state index contributed by atoms with van der Waals surface area (Å²) in [6, 6.07) is 10.6. The van der Waals surface area contributed by atoms with Gasteiger partial charge in [0.05, 0.1) is 17.1 Å². The fraction of sp³-hybridized carbons (Fsp3) is 0.294. The van der Waals surface area contributed by atoms with Crippen molar-refractivity contribution in [2.75, 3.05) is 23.7 Å². The fourth-order valence-corrected chi connectivity index (χ4v) is 8.35. The van der Waals surface area contributed by atoms with E-state index in [1.807, 2.05) is 42.8 Å². The summed E-state index contributed by atoms with van der Waals surface area (Å²) >= 11 is 1.23. The second-order valence-electron chi connectivity index (χ2n) is 12.0. The highest BCUT2D eigenvalue weighted by Gasteiger charge is 2.40. The van der Waals surface area contributed by atoms with Gasteiger partial charge < -0.3 is 14.4 Å². The molecule has 2 aromatic carbocycles. The molecule has 13 heteroatoms. The summed E-state index contributed by atoms with van der Waals surface area (Å²) < 4.78 is 62.6. The van der Waals surface area contributed by atoms with Crippen molar-refractivity contribution >= 4 is 45.4 Å². The number of thioether (sulfide) groups is 1. The summed E-state index contributed by atoms with van der Waals surface area (Å²) in [7, 11) is 0. The van der Waals surface area contributed by atoms with Crippen LogP contribution in [0.2, 0.25) is 0 Å². The molecule has 0 radical (unpaired) electrons. The monoisotopic (exact) mass is 662 g/mol. The molecule has 3 atom stereocenters. The third kappa shape index (κ3) is 5.26. The van der Waals surface area contributed by atoms with Crippen LogP contribution >= 0.6 is 11.8 Å². The highest BCUT2D eigenvalue weighted by atomic mass is 32.2. The largest absolute Gasteiger partial charge is 0.417 e. The number of amides is 1. The third-order valence-electron chi connectivity index (χ3n) is 8.97. The molecule has 1 saturated heterocycles. The molecule has 0 saturated carbocycles. The maximum Gasteiger partial charge on any atom is 0.417 e. The van der Waals surface area contributed by atoms with Gasteiger partial charge in [-0.3, -0.25) is 9.36 Å². The van der Waals surface area contributed by atoms with Crippen LogP contribution in [0.3, 0.4) is 0 Å². The van der Waals surface area contributed by atoms with Gasteiger partial charge in [-0.05, 0) is 61.9 Å². The van der Waals surface area contributed by atoms with Gasteiger partial charge in [0.2, 0.25) is 5.91 Å². The van der Waals surface area contributed by atoms with Gasteiger partial charge in [-0.2, -0.15) is 18.2 Å². The molecule has 8 nitrogen and oxygen atoms in total. The lowest BCUT2D eigenvalue weighted by Crippen LogP contribution is -2.58. The number of piperazine rings is 1. The van der Waals surface area contributed by atoms with E-state index in [-0.39, 0.29) is 70.9 Å². The summed E-state index contributed by atoms with van der Waals surface area (Å²) in [6.45, 7) is 7.93. The van der Waals surface area contributed by atoms with Gasteiger partial charge in [-0.25, -0.2) is 14.2 Å². The Labute approximate surface area is 271 Å². The Morgan fingerprint density at radius 1 is 1.06 bits per heavy atom. The predicted molar refractivity (Wildman–Crippen MR) is 174 cm³/mol. The Morgan fingerprint density at radius 3 is 2.47 bits per heavy atom. The molecule has 242 valence electrons. The van der Waals surface area contributed by atoms with E-state index in [4.69, 9.17) is 0 Å². The molecule has 5 aromatic rings. The zero-order chi connectivity index (χ0) is 33.2. The second-order valence-corrected chi connectivity index (χ2v) is 13.0. The lowest BCUT2D eigenvalue weighted by molar-refractivity contribution is -0.137. The fourth-order valence-electron chi connectivity index (χ4n) is 7.00. The minimum Gasteiger partial charge on any atom is -0.352 e. The number of carbonyl (C=O) groups excluding carboxylic acids is 1. The number of pyridine rings is 1.